The van der Waals surface area contributed by atoms with E-state index in [1.165, 1.54) is 6.07 Å². The molecule has 0 amide bonds. The number of fused-ring (bicyclic) bond motifs is 1. The van der Waals surface area contributed by atoms with E-state index in [2.05, 4.69) is 11.9 Å². The minimum absolute atomic E-state index is 0.0959. The molecule has 3 rings (SSSR count). The fourth-order valence-electron chi connectivity index (χ4n) is 2.67. The third kappa shape index (κ3) is 1.69. The molecule has 1 aromatic heterocycles. The van der Waals surface area contributed by atoms with E-state index in [1.54, 1.807) is 6.07 Å². The Morgan fingerprint density at radius 1 is 1.39 bits per heavy atom. The first-order valence-electron chi connectivity index (χ1n) is 6.09. The average Bonchev–Trinajstić information content (AvgIpc) is 2.68. The molecular weight excluding hydrogens is 251 g/mol. The summed E-state index contributed by atoms with van der Waals surface area (Å²) in [6.07, 6.45) is 1.79. The molecule has 18 heavy (non-hydrogen) atoms. The van der Waals surface area contributed by atoms with Crippen LogP contribution >= 0.6 is 12.2 Å². The number of H-pyrrole nitrogens is 1. The van der Waals surface area contributed by atoms with Crippen LogP contribution in [-0.4, -0.2) is 22.8 Å². The topological polar surface area (TPSA) is 29.9 Å². The van der Waals surface area contributed by atoms with Crippen molar-refractivity contribution >= 4 is 23.3 Å². The van der Waals surface area contributed by atoms with Gasteiger partial charge in [-0.2, -0.15) is 0 Å². The first-order chi connectivity index (χ1) is 8.62. The zero-order chi connectivity index (χ0) is 12.8. The number of rotatable bonds is 1. The van der Waals surface area contributed by atoms with Crippen LogP contribution in [0.15, 0.2) is 18.2 Å². The van der Waals surface area contributed by atoms with Gasteiger partial charge in [0.2, 0.25) is 0 Å². The van der Waals surface area contributed by atoms with Crippen molar-refractivity contribution < 1.29 is 9.13 Å². The summed E-state index contributed by atoms with van der Waals surface area (Å²) < 4.78 is 21.8. The van der Waals surface area contributed by atoms with Crippen LogP contribution in [-0.2, 0) is 10.3 Å². The quantitative estimate of drug-likeness (QED) is 0.802. The van der Waals surface area contributed by atoms with Crippen LogP contribution in [0.2, 0.25) is 0 Å². The molecule has 1 aliphatic rings. The summed E-state index contributed by atoms with van der Waals surface area (Å²) in [6.45, 7) is 3.60. The molecule has 5 heteroatoms. The largest absolute Gasteiger partial charge is 0.381 e. The van der Waals surface area contributed by atoms with Crippen molar-refractivity contribution in [2.24, 2.45) is 0 Å². The molecule has 1 fully saturated rings. The summed E-state index contributed by atoms with van der Waals surface area (Å²) in [5.74, 6) is -0.256. The summed E-state index contributed by atoms with van der Waals surface area (Å²) in [5, 5.41) is 0. The highest BCUT2D eigenvalue weighted by molar-refractivity contribution is 7.71. The number of aromatic nitrogens is 2. The predicted octanol–water partition coefficient (Wildman–Crippen LogP) is 3.36. The Balaban J connectivity index is 2.25. The predicted molar refractivity (Wildman–Crippen MR) is 70.8 cm³/mol. The molecule has 1 N–H and O–H groups in total. The molecule has 1 saturated heterocycles. The van der Waals surface area contributed by atoms with E-state index in [0.717, 1.165) is 31.6 Å². The standard InChI is InChI=1S/C13H15FN2OS/c1-13(5-7-17-8-6-13)16-10-4-2-3-9(14)11(10)15-12(16)18/h2-4H,5-8H2,1H3,(H,15,18). The van der Waals surface area contributed by atoms with Crippen LogP contribution in [0.1, 0.15) is 19.8 Å². The van der Waals surface area contributed by atoms with E-state index < -0.39 is 0 Å². The van der Waals surface area contributed by atoms with Crippen LogP contribution in [0.25, 0.3) is 11.0 Å². The maximum Gasteiger partial charge on any atom is 0.178 e. The summed E-state index contributed by atoms with van der Waals surface area (Å²) in [4.78, 5) is 2.98. The van der Waals surface area contributed by atoms with Crippen LogP contribution in [0.3, 0.4) is 0 Å². The molecule has 1 aromatic carbocycles. The lowest BCUT2D eigenvalue weighted by Crippen LogP contribution is -2.36. The molecule has 3 nitrogen and oxygen atoms in total. The maximum atomic E-state index is 13.8. The van der Waals surface area contributed by atoms with Gasteiger partial charge >= 0.3 is 0 Å². The number of ether oxygens (including phenoxy) is 1. The van der Waals surface area contributed by atoms with Crippen LogP contribution in [0, 0.1) is 10.6 Å². The minimum Gasteiger partial charge on any atom is -0.381 e. The number of para-hydroxylation sites is 1. The second-order valence-electron chi connectivity index (χ2n) is 5.01. The van der Waals surface area contributed by atoms with E-state index in [0.29, 0.717) is 10.3 Å². The molecule has 0 radical (unpaired) electrons. The summed E-state index contributed by atoms with van der Waals surface area (Å²) in [7, 11) is 0. The molecule has 2 aromatic rings. The van der Waals surface area contributed by atoms with Gasteiger partial charge in [-0.25, -0.2) is 4.39 Å². The molecular formula is C13H15FN2OS. The highest BCUT2D eigenvalue weighted by Crippen LogP contribution is 2.33. The molecule has 0 aliphatic carbocycles. The summed E-state index contributed by atoms with van der Waals surface area (Å²) in [5.41, 5.74) is 1.24. The molecule has 0 spiro atoms. The highest BCUT2D eigenvalue weighted by Gasteiger charge is 2.31. The van der Waals surface area contributed by atoms with Crippen molar-refractivity contribution in [3.8, 4) is 0 Å². The average molecular weight is 266 g/mol. The molecule has 96 valence electrons. The van der Waals surface area contributed by atoms with E-state index >= 15 is 0 Å². The molecule has 0 atom stereocenters. The first-order valence-corrected chi connectivity index (χ1v) is 6.50. The van der Waals surface area contributed by atoms with Gasteiger partial charge in [-0.1, -0.05) is 6.07 Å². The second kappa shape index (κ2) is 4.17. The van der Waals surface area contributed by atoms with Gasteiger partial charge in [-0.15, -0.1) is 0 Å². The molecule has 0 saturated carbocycles. The monoisotopic (exact) mass is 266 g/mol. The van der Waals surface area contributed by atoms with Gasteiger partial charge in [-0.3, -0.25) is 0 Å². The van der Waals surface area contributed by atoms with Crippen LogP contribution in [0.4, 0.5) is 4.39 Å². The number of imidazole rings is 1. The minimum atomic E-state index is -0.256. The zero-order valence-corrected chi connectivity index (χ0v) is 11.0. The Morgan fingerprint density at radius 2 is 2.11 bits per heavy atom. The Kier molecular flexibility index (Phi) is 2.75. The van der Waals surface area contributed by atoms with Crippen molar-refractivity contribution in [1.29, 1.82) is 0 Å². The van der Waals surface area contributed by atoms with E-state index in [9.17, 15) is 4.39 Å². The Hall–Kier alpha value is -1.20. The van der Waals surface area contributed by atoms with Gasteiger partial charge in [-0.05, 0) is 44.1 Å². The number of nitrogens with one attached hydrogen (secondary N) is 1. The van der Waals surface area contributed by atoms with Gasteiger partial charge < -0.3 is 14.3 Å². The Labute approximate surface area is 110 Å². The van der Waals surface area contributed by atoms with E-state index in [-0.39, 0.29) is 11.4 Å². The van der Waals surface area contributed by atoms with E-state index in [1.807, 2.05) is 10.6 Å². The van der Waals surface area contributed by atoms with Gasteiger partial charge in [0.25, 0.3) is 0 Å². The molecule has 0 bridgehead atoms. The van der Waals surface area contributed by atoms with Crippen molar-refractivity contribution in [1.82, 2.24) is 9.55 Å². The Morgan fingerprint density at radius 3 is 2.83 bits per heavy atom. The lowest BCUT2D eigenvalue weighted by atomic mass is 9.92. The molecule has 0 unspecified atom stereocenters. The normalized spacial score (nSPS) is 19.2. The number of benzene rings is 1. The summed E-state index contributed by atoms with van der Waals surface area (Å²) >= 11 is 5.37. The lowest BCUT2D eigenvalue weighted by Gasteiger charge is -2.35. The zero-order valence-electron chi connectivity index (χ0n) is 10.2. The number of nitrogens with zero attached hydrogens (tertiary/aromatic N) is 1. The summed E-state index contributed by atoms with van der Waals surface area (Å²) in [6, 6.07) is 5.08. The lowest BCUT2D eigenvalue weighted by molar-refractivity contribution is 0.0306. The van der Waals surface area contributed by atoms with E-state index in [4.69, 9.17) is 17.0 Å². The maximum absolute atomic E-state index is 13.8. The van der Waals surface area contributed by atoms with Crippen molar-refractivity contribution in [2.75, 3.05) is 13.2 Å². The van der Waals surface area contributed by atoms with Gasteiger partial charge in [0.05, 0.1) is 5.52 Å². The Bertz CT molecular complexity index is 640. The first kappa shape index (κ1) is 11.9. The molecule has 1 aliphatic heterocycles. The fourth-order valence-corrected chi connectivity index (χ4v) is 3.09. The number of halogens is 1. The second-order valence-corrected chi connectivity index (χ2v) is 5.40. The van der Waals surface area contributed by atoms with Gasteiger partial charge in [0.1, 0.15) is 11.3 Å². The fraction of sp³-hybridized carbons (Fsp3) is 0.462. The van der Waals surface area contributed by atoms with Gasteiger partial charge in [0.15, 0.2) is 4.77 Å². The molecule has 2 heterocycles. The van der Waals surface area contributed by atoms with Crippen molar-refractivity contribution in [3.05, 3.63) is 28.8 Å². The smallest absolute Gasteiger partial charge is 0.178 e. The van der Waals surface area contributed by atoms with Gasteiger partial charge in [0, 0.05) is 18.8 Å². The van der Waals surface area contributed by atoms with Crippen LogP contribution in [0.5, 0.6) is 0 Å². The van der Waals surface area contributed by atoms with Crippen molar-refractivity contribution in [2.45, 2.75) is 25.3 Å². The highest BCUT2D eigenvalue weighted by atomic mass is 32.1. The third-order valence-electron chi connectivity index (χ3n) is 3.78. The number of hydrogen-bond acceptors (Lipinski definition) is 2. The van der Waals surface area contributed by atoms with Crippen molar-refractivity contribution in [3.63, 3.8) is 0 Å². The number of hydrogen-bond donors (Lipinski definition) is 1. The SMILES string of the molecule is CC1(n2c(=S)[nH]c3c(F)cccc32)CCOCC1. The van der Waals surface area contributed by atoms with Crippen LogP contribution < -0.4 is 0 Å². The third-order valence-corrected chi connectivity index (χ3v) is 4.06. The number of aromatic amines is 1.